The molecule has 0 saturated carbocycles. The zero-order valence-corrected chi connectivity index (χ0v) is 18.7. The van der Waals surface area contributed by atoms with E-state index in [1.807, 2.05) is 4.90 Å². The standard InChI is InChI=1S/C15H18F3NO2.C10H14/c1-11(20)14(21)6-8-19(9-7-14)10-12-2-4-13(5-3-12)15(16,17)18;1-8(2)10-6-4-9(3)5-7-10/h2-5,21H,6-10H2,1H3;4-8H,1-3H3. The van der Waals surface area contributed by atoms with Crippen LogP contribution in [-0.4, -0.2) is 34.5 Å². The first kappa shape index (κ1) is 25.1. The smallest absolute Gasteiger partial charge is 0.382 e. The van der Waals surface area contributed by atoms with Gasteiger partial charge in [0.05, 0.1) is 5.56 Å². The number of likely N-dealkylation sites (tertiary alicyclic amines) is 1. The maximum atomic E-state index is 12.5. The van der Waals surface area contributed by atoms with Gasteiger partial charge in [0.1, 0.15) is 5.60 Å². The van der Waals surface area contributed by atoms with E-state index in [0.717, 1.165) is 17.7 Å². The van der Waals surface area contributed by atoms with E-state index in [9.17, 15) is 23.1 Å². The van der Waals surface area contributed by atoms with Gasteiger partial charge >= 0.3 is 6.18 Å². The topological polar surface area (TPSA) is 40.5 Å². The Hall–Kier alpha value is -2.18. The summed E-state index contributed by atoms with van der Waals surface area (Å²) in [7, 11) is 0. The van der Waals surface area contributed by atoms with Gasteiger partial charge < -0.3 is 5.11 Å². The number of aryl methyl sites for hydroxylation is 1. The normalized spacial score (nSPS) is 16.5. The zero-order valence-electron chi connectivity index (χ0n) is 18.7. The summed E-state index contributed by atoms with van der Waals surface area (Å²) >= 11 is 0. The van der Waals surface area contributed by atoms with E-state index in [-0.39, 0.29) is 5.78 Å². The molecule has 1 N–H and O–H groups in total. The highest BCUT2D eigenvalue weighted by atomic mass is 19.4. The molecule has 0 unspecified atom stereocenters. The maximum absolute atomic E-state index is 12.5. The van der Waals surface area contributed by atoms with E-state index in [0.29, 0.717) is 38.4 Å². The number of alkyl halides is 3. The van der Waals surface area contributed by atoms with Crippen LogP contribution in [0.25, 0.3) is 0 Å². The molecule has 0 atom stereocenters. The van der Waals surface area contributed by atoms with Crippen LogP contribution in [0.2, 0.25) is 0 Å². The lowest BCUT2D eigenvalue weighted by molar-refractivity contribution is -0.140. The summed E-state index contributed by atoms with van der Waals surface area (Å²) in [5, 5.41) is 10.1. The molecular weight excluding hydrogens is 403 g/mol. The minimum absolute atomic E-state index is 0.225. The maximum Gasteiger partial charge on any atom is 0.416 e. The van der Waals surface area contributed by atoms with E-state index >= 15 is 0 Å². The van der Waals surface area contributed by atoms with Gasteiger partial charge in [-0.2, -0.15) is 13.2 Å². The first-order chi connectivity index (χ1) is 14.4. The molecule has 3 rings (SSSR count). The summed E-state index contributed by atoms with van der Waals surface area (Å²) in [6, 6.07) is 13.8. The Kier molecular flexibility index (Phi) is 8.43. The van der Waals surface area contributed by atoms with Crippen LogP contribution in [0, 0.1) is 6.92 Å². The predicted molar refractivity (Wildman–Crippen MR) is 117 cm³/mol. The Morgan fingerprint density at radius 2 is 1.55 bits per heavy atom. The molecule has 170 valence electrons. The van der Waals surface area contributed by atoms with E-state index < -0.39 is 17.3 Å². The van der Waals surface area contributed by atoms with E-state index in [2.05, 4.69) is 45.0 Å². The fourth-order valence-electron chi connectivity index (χ4n) is 3.44. The average molecular weight is 436 g/mol. The molecule has 0 radical (unpaired) electrons. The molecule has 1 heterocycles. The number of carbonyl (C=O) groups is 1. The Bertz CT molecular complexity index is 835. The number of Topliss-reactive ketones (excluding diaryl/α,β-unsaturated/α-hetero) is 1. The second-order valence-corrected chi connectivity index (χ2v) is 8.62. The lowest BCUT2D eigenvalue weighted by Crippen LogP contribution is -2.48. The van der Waals surface area contributed by atoms with Crippen LogP contribution in [0.5, 0.6) is 0 Å². The van der Waals surface area contributed by atoms with Gasteiger partial charge in [0.15, 0.2) is 5.78 Å². The van der Waals surface area contributed by atoms with Gasteiger partial charge in [-0.05, 0) is 55.9 Å². The largest absolute Gasteiger partial charge is 0.416 e. The molecule has 6 heteroatoms. The first-order valence-electron chi connectivity index (χ1n) is 10.6. The molecule has 0 amide bonds. The van der Waals surface area contributed by atoms with Crippen LogP contribution in [-0.2, 0) is 17.5 Å². The SMILES string of the molecule is CC(=O)C1(O)CCN(Cc2ccc(C(F)(F)F)cc2)CC1.Cc1ccc(C(C)C)cc1. The highest BCUT2D eigenvalue weighted by Gasteiger charge is 2.36. The van der Waals surface area contributed by atoms with Gasteiger partial charge in [-0.1, -0.05) is 55.8 Å². The molecule has 2 aromatic rings. The van der Waals surface area contributed by atoms with Gasteiger partial charge in [-0.15, -0.1) is 0 Å². The van der Waals surface area contributed by atoms with Crippen molar-refractivity contribution < 1.29 is 23.1 Å². The number of hydrogen-bond donors (Lipinski definition) is 1. The predicted octanol–water partition coefficient (Wildman–Crippen LogP) is 5.74. The van der Waals surface area contributed by atoms with Crippen molar-refractivity contribution >= 4 is 5.78 Å². The molecule has 31 heavy (non-hydrogen) atoms. The highest BCUT2D eigenvalue weighted by molar-refractivity contribution is 5.84. The molecule has 1 fully saturated rings. The monoisotopic (exact) mass is 435 g/mol. The van der Waals surface area contributed by atoms with Gasteiger partial charge in [-0.25, -0.2) is 0 Å². The van der Waals surface area contributed by atoms with Gasteiger partial charge in [-0.3, -0.25) is 9.69 Å². The van der Waals surface area contributed by atoms with Crippen molar-refractivity contribution in [3.05, 3.63) is 70.8 Å². The Morgan fingerprint density at radius 1 is 1.03 bits per heavy atom. The van der Waals surface area contributed by atoms with E-state index in [1.54, 1.807) is 0 Å². The molecule has 2 aromatic carbocycles. The molecule has 1 saturated heterocycles. The number of ketones is 1. The molecular formula is C25H32F3NO2. The lowest BCUT2D eigenvalue weighted by atomic mass is 9.88. The summed E-state index contributed by atoms with van der Waals surface area (Å²) in [5.74, 6) is 0.428. The van der Waals surface area contributed by atoms with Crippen LogP contribution in [0.1, 0.15) is 61.8 Å². The Labute approximate surface area is 182 Å². The molecule has 3 nitrogen and oxygen atoms in total. The fourth-order valence-corrected chi connectivity index (χ4v) is 3.44. The van der Waals surface area contributed by atoms with Crippen molar-refractivity contribution in [2.24, 2.45) is 0 Å². The van der Waals surface area contributed by atoms with Crippen molar-refractivity contribution in [3.63, 3.8) is 0 Å². The number of hydrogen-bond acceptors (Lipinski definition) is 3. The van der Waals surface area contributed by atoms with Crippen molar-refractivity contribution in [2.75, 3.05) is 13.1 Å². The number of benzene rings is 2. The summed E-state index contributed by atoms with van der Waals surface area (Å²) in [5.41, 5.74) is 1.65. The Balaban J connectivity index is 0.000000285. The second kappa shape index (κ2) is 10.4. The molecule has 0 bridgehead atoms. The van der Waals surface area contributed by atoms with Crippen LogP contribution >= 0.6 is 0 Å². The average Bonchev–Trinajstić information content (AvgIpc) is 2.70. The van der Waals surface area contributed by atoms with Gasteiger partial charge in [0, 0.05) is 19.6 Å². The van der Waals surface area contributed by atoms with Crippen molar-refractivity contribution in [1.82, 2.24) is 4.90 Å². The van der Waals surface area contributed by atoms with Crippen molar-refractivity contribution in [3.8, 4) is 0 Å². The minimum Gasteiger partial charge on any atom is -0.382 e. The van der Waals surface area contributed by atoms with Crippen LogP contribution in [0.15, 0.2) is 48.5 Å². The van der Waals surface area contributed by atoms with Crippen LogP contribution in [0.4, 0.5) is 13.2 Å². The van der Waals surface area contributed by atoms with Crippen LogP contribution < -0.4 is 0 Å². The quantitative estimate of drug-likeness (QED) is 0.666. The molecule has 0 aromatic heterocycles. The third-order valence-corrected chi connectivity index (χ3v) is 5.77. The third kappa shape index (κ3) is 7.47. The lowest BCUT2D eigenvalue weighted by Gasteiger charge is -2.36. The van der Waals surface area contributed by atoms with Crippen LogP contribution in [0.3, 0.4) is 0 Å². The first-order valence-corrected chi connectivity index (χ1v) is 10.6. The summed E-state index contributed by atoms with van der Waals surface area (Å²) in [4.78, 5) is 13.4. The fraction of sp³-hybridized carbons (Fsp3) is 0.480. The number of halogens is 3. The highest BCUT2D eigenvalue weighted by Crippen LogP contribution is 2.30. The summed E-state index contributed by atoms with van der Waals surface area (Å²) in [6.07, 6.45) is -3.59. The minimum atomic E-state index is -4.32. The van der Waals surface area contributed by atoms with Gasteiger partial charge in [0.2, 0.25) is 0 Å². The van der Waals surface area contributed by atoms with Crippen molar-refractivity contribution in [1.29, 1.82) is 0 Å². The molecule has 1 aliphatic rings. The number of nitrogens with zero attached hydrogens (tertiary/aromatic N) is 1. The molecule has 0 aliphatic carbocycles. The summed E-state index contributed by atoms with van der Waals surface area (Å²) in [6.45, 7) is 9.55. The van der Waals surface area contributed by atoms with E-state index in [1.165, 1.54) is 30.2 Å². The van der Waals surface area contributed by atoms with E-state index in [4.69, 9.17) is 0 Å². The zero-order chi connectivity index (χ0) is 23.2. The number of carbonyl (C=O) groups excluding carboxylic acids is 1. The molecule has 0 spiro atoms. The molecule has 1 aliphatic heterocycles. The Morgan fingerprint density at radius 3 is 1.97 bits per heavy atom. The summed E-state index contributed by atoms with van der Waals surface area (Å²) < 4.78 is 37.4. The number of aliphatic hydroxyl groups is 1. The van der Waals surface area contributed by atoms with Crippen molar-refractivity contribution in [2.45, 2.75) is 64.8 Å². The number of rotatable bonds is 4. The third-order valence-electron chi connectivity index (χ3n) is 5.77. The van der Waals surface area contributed by atoms with Gasteiger partial charge in [0.25, 0.3) is 0 Å². The number of piperidine rings is 1. The second-order valence-electron chi connectivity index (χ2n) is 8.62.